The maximum Gasteiger partial charge on any atom is 0.273 e. The van der Waals surface area contributed by atoms with Gasteiger partial charge in [-0.25, -0.2) is 9.97 Å². The number of rotatable bonds is 3. The number of anilines is 2. The highest BCUT2D eigenvalue weighted by atomic mass is 79.9. The molecular formula is C12H13Br2N5O. The smallest absolute Gasteiger partial charge is 0.273 e. The van der Waals surface area contributed by atoms with Crippen molar-refractivity contribution in [2.75, 3.05) is 11.1 Å². The second-order valence-electron chi connectivity index (χ2n) is 4.45. The quantitative estimate of drug-likeness (QED) is 0.825. The van der Waals surface area contributed by atoms with Crippen molar-refractivity contribution in [3.8, 4) is 0 Å². The van der Waals surface area contributed by atoms with Crippen LogP contribution in [0.2, 0.25) is 0 Å². The van der Waals surface area contributed by atoms with Crippen molar-refractivity contribution in [3.05, 3.63) is 33.4 Å². The van der Waals surface area contributed by atoms with E-state index in [0.717, 1.165) is 0 Å². The summed E-state index contributed by atoms with van der Waals surface area (Å²) < 4.78 is 2.85. The number of carbonyl (C=O) groups is 1. The maximum absolute atomic E-state index is 12.3. The zero-order valence-corrected chi connectivity index (χ0v) is 14.1. The Morgan fingerprint density at radius 3 is 2.75 bits per heavy atom. The van der Waals surface area contributed by atoms with Crippen LogP contribution in [0.5, 0.6) is 0 Å². The van der Waals surface area contributed by atoms with Gasteiger partial charge in [-0.05, 0) is 51.8 Å². The molecule has 0 atom stereocenters. The maximum atomic E-state index is 12.3. The van der Waals surface area contributed by atoms with E-state index in [9.17, 15) is 4.79 Å². The van der Waals surface area contributed by atoms with Crippen LogP contribution in [0, 0.1) is 0 Å². The Kier molecular flexibility index (Phi) is 4.44. The lowest BCUT2D eigenvalue weighted by atomic mass is 10.3. The molecule has 20 heavy (non-hydrogen) atoms. The number of carbonyl (C=O) groups excluding carboxylic acids is 1. The van der Waals surface area contributed by atoms with Gasteiger partial charge in [0.15, 0.2) is 5.82 Å². The first-order valence-corrected chi connectivity index (χ1v) is 7.44. The van der Waals surface area contributed by atoms with Crippen molar-refractivity contribution in [2.24, 2.45) is 0 Å². The van der Waals surface area contributed by atoms with Crippen molar-refractivity contribution < 1.29 is 4.79 Å². The van der Waals surface area contributed by atoms with Gasteiger partial charge >= 0.3 is 0 Å². The highest BCUT2D eigenvalue weighted by molar-refractivity contribution is 9.11. The van der Waals surface area contributed by atoms with Crippen molar-refractivity contribution >= 4 is 49.3 Å². The van der Waals surface area contributed by atoms with Crippen LogP contribution in [0.25, 0.3) is 0 Å². The number of amides is 1. The van der Waals surface area contributed by atoms with E-state index in [1.165, 1.54) is 6.20 Å². The average Bonchev–Trinajstić information content (AvgIpc) is 2.75. The lowest BCUT2D eigenvalue weighted by molar-refractivity contribution is 0.101. The van der Waals surface area contributed by atoms with Gasteiger partial charge in [0.1, 0.15) is 14.9 Å². The lowest BCUT2D eigenvalue weighted by Gasteiger charge is -2.12. The molecule has 0 aromatic carbocycles. The van der Waals surface area contributed by atoms with Crippen LogP contribution in [-0.4, -0.2) is 20.4 Å². The van der Waals surface area contributed by atoms with Crippen LogP contribution in [0.15, 0.2) is 27.7 Å². The zero-order valence-electron chi connectivity index (χ0n) is 10.9. The average molecular weight is 403 g/mol. The van der Waals surface area contributed by atoms with E-state index in [1.54, 1.807) is 12.3 Å². The molecule has 0 saturated heterocycles. The third-order valence-electron chi connectivity index (χ3n) is 2.59. The number of halogens is 2. The number of hydrogen-bond acceptors (Lipinski definition) is 4. The van der Waals surface area contributed by atoms with Gasteiger partial charge in [-0.15, -0.1) is 0 Å². The molecule has 0 bridgehead atoms. The Labute approximate surface area is 133 Å². The third kappa shape index (κ3) is 3.18. The Balaban J connectivity index is 2.28. The summed E-state index contributed by atoms with van der Waals surface area (Å²) in [7, 11) is 0. The van der Waals surface area contributed by atoms with Crippen molar-refractivity contribution in [2.45, 2.75) is 19.9 Å². The molecule has 2 aromatic heterocycles. The molecule has 0 radical (unpaired) electrons. The number of nitrogens with one attached hydrogen (secondary N) is 1. The van der Waals surface area contributed by atoms with Crippen LogP contribution < -0.4 is 11.1 Å². The molecule has 8 heteroatoms. The number of nitrogens with zero attached hydrogens (tertiary/aromatic N) is 3. The van der Waals surface area contributed by atoms with Gasteiger partial charge in [-0.1, -0.05) is 0 Å². The van der Waals surface area contributed by atoms with E-state index in [1.807, 2.05) is 18.4 Å². The van der Waals surface area contributed by atoms with Crippen LogP contribution in [0.1, 0.15) is 30.4 Å². The molecule has 0 spiro atoms. The lowest BCUT2D eigenvalue weighted by Crippen LogP contribution is -2.18. The summed E-state index contributed by atoms with van der Waals surface area (Å²) >= 11 is 6.46. The molecule has 2 heterocycles. The molecule has 2 rings (SSSR count). The van der Waals surface area contributed by atoms with Crippen LogP contribution in [0.3, 0.4) is 0 Å². The predicted octanol–water partition coefficient (Wildman–Crippen LogP) is 3.22. The number of aromatic nitrogens is 3. The summed E-state index contributed by atoms with van der Waals surface area (Å²) in [6.45, 7) is 3.96. The van der Waals surface area contributed by atoms with E-state index in [2.05, 4.69) is 47.1 Å². The van der Waals surface area contributed by atoms with E-state index in [-0.39, 0.29) is 11.9 Å². The number of nitrogen functional groups attached to an aromatic ring is 1. The fraction of sp³-hybridized carbons (Fsp3) is 0.250. The Morgan fingerprint density at radius 2 is 2.15 bits per heavy atom. The summed E-state index contributed by atoms with van der Waals surface area (Å²) in [5, 5.41) is 2.71. The number of nitrogens with two attached hydrogens (primary N) is 1. The third-order valence-corrected chi connectivity index (χ3v) is 3.53. The van der Waals surface area contributed by atoms with E-state index >= 15 is 0 Å². The fourth-order valence-electron chi connectivity index (χ4n) is 1.71. The molecule has 0 saturated carbocycles. The Bertz CT molecular complexity index is 653. The van der Waals surface area contributed by atoms with Crippen molar-refractivity contribution in [1.82, 2.24) is 14.5 Å². The molecule has 0 aliphatic rings. The monoisotopic (exact) mass is 401 g/mol. The second-order valence-corrected chi connectivity index (χ2v) is 6.01. The van der Waals surface area contributed by atoms with E-state index in [4.69, 9.17) is 5.73 Å². The molecule has 2 aromatic rings. The zero-order chi connectivity index (χ0) is 14.9. The molecule has 0 aliphatic heterocycles. The van der Waals surface area contributed by atoms with Crippen molar-refractivity contribution in [1.29, 1.82) is 0 Å². The number of hydrogen-bond donors (Lipinski definition) is 2. The van der Waals surface area contributed by atoms with Crippen LogP contribution in [0.4, 0.5) is 11.5 Å². The molecule has 0 fully saturated rings. The van der Waals surface area contributed by atoms with Gasteiger partial charge in [0.2, 0.25) is 0 Å². The predicted molar refractivity (Wildman–Crippen MR) is 84.6 cm³/mol. The van der Waals surface area contributed by atoms with Gasteiger partial charge in [0.25, 0.3) is 5.91 Å². The first kappa shape index (κ1) is 15.0. The Hall–Kier alpha value is -1.41. The van der Waals surface area contributed by atoms with Crippen LogP contribution >= 0.6 is 31.9 Å². The normalized spacial score (nSPS) is 10.8. The first-order valence-electron chi connectivity index (χ1n) is 5.85. The van der Waals surface area contributed by atoms with Crippen LogP contribution in [-0.2, 0) is 0 Å². The Morgan fingerprint density at radius 1 is 1.45 bits per heavy atom. The standard InChI is InChI=1S/C12H13Br2N5O/c1-6(2)19-5-7(15)3-8(19)12(20)18-11-10(14)17-9(13)4-16-11/h3-6H,15H2,1-2H3,(H,16,18,20). The minimum atomic E-state index is -0.285. The molecule has 0 aliphatic carbocycles. The van der Waals surface area contributed by atoms with Gasteiger partial charge < -0.3 is 15.6 Å². The SMILES string of the molecule is CC(C)n1cc(N)cc1C(=O)Nc1ncc(Br)nc1Br. The molecule has 3 N–H and O–H groups in total. The summed E-state index contributed by atoms with van der Waals surface area (Å²) in [6.07, 6.45) is 3.25. The van der Waals surface area contributed by atoms with Gasteiger partial charge in [0, 0.05) is 12.2 Å². The van der Waals surface area contributed by atoms with Gasteiger partial charge in [-0.2, -0.15) is 0 Å². The minimum Gasteiger partial charge on any atom is -0.397 e. The summed E-state index contributed by atoms with van der Waals surface area (Å²) in [5.41, 5.74) is 6.78. The van der Waals surface area contributed by atoms with Gasteiger partial charge in [0.05, 0.1) is 11.9 Å². The molecular weight excluding hydrogens is 390 g/mol. The largest absolute Gasteiger partial charge is 0.397 e. The summed E-state index contributed by atoms with van der Waals surface area (Å²) in [4.78, 5) is 20.5. The molecule has 0 unspecified atom stereocenters. The first-order chi connectivity index (χ1) is 9.38. The fourth-order valence-corrected chi connectivity index (χ4v) is 2.62. The highest BCUT2D eigenvalue weighted by Crippen LogP contribution is 2.22. The van der Waals surface area contributed by atoms with Crippen molar-refractivity contribution in [3.63, 3.8) is 0 Å². The second kappa shape index (κ2) is 5.92. The topological polar surface area (TPSA) is 85.8 Å². The molecule has 6 nitrogen and oxygen atoms in total. The summed E-state index contributed by atoms with van der Waals surface area (Å²) in [6, 6.07) is 1.77. The molecule has 106 valence electrons. The molecule has 1 amide bonds. The highest BCUT2D eigenvalue weighted by Gasteiger charge is 2.17. The van der Waals surface area contributed by atoms with E-state index in [0.29, 0.717) is 26.4 Å². The van der Waals surface area contributed by atoms with E-state index < -0.39 is 0 Å². The van der Waals surface area contributed by atoms with Gasteiger partial charge in [-0.3, -0.25) is 4.79 Å². The minimum absolute atomic E-state index is 0.132. The summed E-state index contributed by atoms with van der Waals surface area (Å²) in [5.74, 6) is 0.0704.